The number of aryl methyl sites for hydroxylation is 1. The molecule has 0 radical (unpaired) electrons. The number of hydrogen-bond acceptors (Lipinski definition) is 5. The summed E-state index contributed by atoms with van der Waals surface area (Å²) in [7, 11) is 0. The van der Waals surface area contributed by atoms with Gasteiger partial charge < -0.3 is 15.0 Å². The Balaban J connectivity index is 1.56. The maximum Gasteiger partial charge on any atom is 0.325 e. The Labute approximate surface area is 143 Å². The van der Waals surface area contributed by atoms with Crippen LogP contribution in [0.25, 0.3) is 0 Å². The van der Waals surface area contributed by atoms with E-state index in [1.54, 1.807) is 16.2 Å². The lowest BCUT2D eigenvalue weighted by Gasteiger charge is -2.31. The molecule has 3 aliphatic rings. The van der Waals surface area contributed by atoms with Crippen molar-refractivity contribution in [3.63, 3.8) is 0 Å². The van der Waals surface area contributed by atoms with Gasteiger partial charge in [0, 0.05) is 23.5 Å². The van der Waals surface area contributed by atoms with E-state index in [9.17, 15) is 14.4 Å². The van der Waals surface area contributed by atoms with Gasteiger partial charge in [-0.2, -0.15) is 0 Å². The van der Waals surface area contributed by atoms with Crippen molar-refractivity contribution in [1.29, 1.82) is 0 Å². The van der Waals surface area contributed by atoms with Crippen LogP contribution in [0.2, 0.25) is 0 Å². The Hall–Kier alpha value is -1.93. The van der Waals surface area contributed by atoms with Crippen LogP contribution in [0.5, 0.6) is 0 Å². The Kier molecular flexibility index (Phi) is 3.80. The van der Waals surface area contributed by atoms with Crippen molar-refractivity contribution in [1.82, 2.24) is 15.1 Å². The molecule has 0 saturated carbocycles. The van der Waals surface area contributed by atoms with Crippen LogP contribution in [0, 0.1) is 0 Å². The van der Waals surface area contributed by atoms with Gasteiger partial charge in [0.25, 0.3) is 5.91 Å². The molecule has 8 heteroatoms. The minimum atomic E-state index is -0.976. The number of amides is 4. The van der Waals surface area contributed by atoms with E-state index in [2.05, 4.69) is 5.32 Å². The molecule has 1 N–H and O–H groups in total. The molecule has 2 saturated heterocycles. The zero-order valence-corrected chi connectivity index (χ0v) is 14.1. The van der Waals surface area contributed by atoms with Crippen molar-refractivity contribution < 1.29 is 19.1 Å². The standard InChI is InChI=1S/C16H19N3O4S/c20-13(18-5-7-23-8-6-18)10-19-14(21)16(17-15(19)22)4-1-2-12-11(16)3-9-24-12/h3,9H,1-2,4-8,10H2,(H,17,22)/t16-/m1/s1. The molecule has 0 bridgehead atoms. The smallest absolute Gasteiger partial charge is 0.325 e. The number of carbonyl (C=O) groups is 3. The molecule has 2 aliphatic heterocycles. The Morgan fingerprint density at radius 3 is 2.92 bits per heavy atom. The highest BCUT2D eigenvalue weighted by molar-refractivity contribution is 7.10. The third-order valence-corrected chi connectivity index (χ3v) is 5.97. The van der Waals surface area contributed by atoms with Gasteiger partial charge in [0.2, 0.25) is 5.91 Å². The first kappa shape index (κ1) is 15.6. The largest absolute Gasteiger partial charge is 0.378 e. The summed E-state index contributed by atoms with van der Waals surface area (Å²) >= 11 is 1.62. The summed E-state index contributed by atoms with van der Waals surface area (Å²) in [6, 6.07) is 1.45. The predicted molar refractivity (Wildman–Crippen MR) is 86.6 cm³/mol. The van der Waals surface area contributed by atoms with E-state index in [1.165, 1.54) is 0 Å². The van der Waals surface area contributed by atoms with Crippen molar-refractivity contribution in [2.45, 2.75) is 24.8 Å². The molecule has 0 aromatic carbocycles. The topological polar surface area (TPSA) is 79.0 Å². The minimum Gasteiger partial charge on any atom is -0.378 e. The molecule has 4 rings (SSSR count). The molecule has 2 fully saturated rings. The van der Waals surface area contributed by atoms with E-state index in [1.807, 2.05) is 11.4 Å². The number of carbonyl (C=O) groups excluding carboxylic acids is 3. The predicted octanol–water partition coefficient (Wildman–Crippen LogP) is 0.690. The van der Waals surface area contributed by atoms with E-state index < -0.39 is 11.6 Å². The number of urea groups is 1. The van der Waals surface area contributed by atoms with Gasteiger partial charge in [-0.3, -0.25) is 14.5 Å². The molecule has 7 nitrogen and oxygen atoms in total. The highest BCUT2D eigenvalue weighted by atomic mass is 32.1. The average Bonchev–Trinajstić information content (AvgIpc) is 3.16. The van der Waals surface area contributed by atoms with Crippen LogP contribution in [0.4, 0.5) is 4.79 Å². The van der Waals surface area contributed by atoms with Gasteiger partial charge in [-0.15, -0.1) is 11.3 Å². The van der Waals surface area contributed by atoms with E-state index in [4.69, 9.17) is 4.74 Å². The van der Waals surface area contributed by atoms with Crippen molar-refractivity contribution >= 4 is 29.2 Å². The molecule has 1 atom stereocenters. The number of ether oxygens (including phenoxy) is 1. The van der Waals surface area contributed by atoms with Crippen molar-refractivity contribution in [2.75, 3.05) is 32.8 Å². The lowest BCUT2D eigenvalue weighted by Crippen LogP contribution is -2.48. The van der Waals surface area contributed by atoms with Crippen molar-refractivity contribution in [2.24, 2.45) is 0 Å². The summed E-state index contributed by atoms with van der Waals surface area (Å²) < 4.78 is 5.23. The molecule has 24 heavy (non-hydrogen) atoms. The second-order valence-corrected chi connectivity index (χ2v) is 7.33. The van der Waals surface area contributed by atoms with Gasteiger partial charge in [0.1, 0.15) is 12.1 Å². The average molecular weight is 349 g/mol. The SMILES string of the molecule is O=C(CN1C(=O)N[C@@]2(CCCc3sccc32)C1=O)N1CCOCC1. The molecule has 3 heterocycles. The maximum atomic E-state index is 13.0. The van der Waals surface area contributed by atoms with Crippen LogP contribution in [0.1, 0.15) is 23.3 Å². The zero-order valence-electron chi connectivity index (χ0n) is 13.2. The third-order valence-electron chi connectivity index (χ3n) is 4.99. The number of fused-ring (bicyclic) bond motifs is 2. The van der Waals surface area contributed by atoms with Gasteiger partial charge in [0.05, 0.1) is 13.2 Å². The number of hydrogen-bond donors (Lipinski definition) is 1. The summed E-state index contributed by atoms with van der Waals surface area (Å²) in [5.41, 5.74) is -0.0749. The molecular weight excluding hydrogens is 330 g/mol. The first-order chi connectivity index (χ1) is 11.6. The summed E-state index contributed by atoms with van der Waals surface area (Å²) in [6.07, 6.45) is 2.37. The van der Waals surface area contributed by atoms with Crippen LogP contribution in [0.3, 0.4) is 0 Å². The number of nitrogens with zero attached hydrogens (tertiary/aromatic N) is 2. The van der Waals surface area contributed by atoms with Crippen LogP contribution in [0.15, 0.2) is 11.4 Å². The minimum absolute atomic E-state index is 0.202. The van der Waals surface area contributed by atoms with E-state index in [0.717, 1.165) is 28.2 Å². The number of morpholine rings is 1. The summed E-state index contributed by atoms with van der Waals surface area (Å²) in [6.45, 7) is 1.79. The first-order valence-electron chi connectivity index (χ1n) is 8.18. The summed E-state index contributed by atoms with van der Waals surface area (Å²) in [4.78, 5) is 41.7. The summed E-state index contributed by atoms with van der Waals surface area (Å²) in [5, 5.41) is 4.83. The number of nitrogens with one attached hydrogen (secondary N) is 1. The van der Waals surface area contributed by atoms with Gasteiger partial charge in [-0.05, 0) is 30.7 Å². The molecule has 1 aromatic rings. The normalized spacial score (nSPS) is 26.7. The first-order valence-corrected chi connectivity index (χ1v) is 9.06. The molecule has 4 amide bonds. The van der Waals surface area contributed by atoms with Crippen LogP contribution >= 0.6 is 11.3 Å². The lowest BCUT2D eigenvalue weighted by molar-refractivity contribution is -0.141. The zero-order chi connectivity index (χ0) is 16.7. The highest BCUT2D eigenvalue weighted by Gasteiger charge is 2.54. The Bertz CT molecular complexity index is 697. The number of thiophene rings is 1. The quantitative estimate of drug-likeness (QED) is 0.797. The fourth-order valence-corrected chi connectivity index (χ4v) is 4.73. The van der Waals surface area contributed by atoms with Crippen molar-refractivity contribution in [3.05, 3.63) is 21.9 Å². The molecule has 0 unspecified atom stereocenters. The molecule has 128 valence electrons. The fraction of sp³-hybridized carbons (Fsp3) is 0.562. The third kappa shape index (κ3) is 2.32. The monoisotopic (exact) mass is 349 g/mol. The highest BCUT2D eigenvalue weighted by Crippen LogP contribution is 2.42. The van der Waals surface area contributed by atoms with Crippen molar-refractivity contribution in [3.8, 4) is 0 Å². The summed E-state index contributed by atoms with van der Waals surface area (Å²) in [5.74, 6) is -0.506. The molecule has 1 aliphatic carbocycles. The van der Waals surface area contributed by atoms with Gasteiger partial charge in [-0.25, -0.2) is 4.79 Å². The molecule has 1 spiro atoms. The van der Waals surface area contributed by atoms with Crippen LogP contribution in [-0.4, -0.2) is 60.5 Å². The Morgan fingerprint density at radius 1 is 1.33 bits per heavy atom. The van der Waals surface area contributed by atoms with Crippen LogP contribution in [-0.2, 0) is 26.3 Å². The second-order valence-electron chi connectivity index (χ2n) is 6.33. The number of imide groups is 1. The molecular formula is C16H19N3O4S. The second kappa shape index (κ2) is 5.86. The van der Waals surface area contributed by atoms with Gasteiger partial charge >= 0.3 is 6.03 Å². The lowest BCUT2D eigenvalue weighted by atomic mass is 9.80. The maximum absolute atomic E-state index is 13.0. The molecule has 1 aromatic heterocycles. The van der Waals surface area contributed by atoms with E-state index in [0.29, 0.717) is 32.7 Å². The Morgan fingerprint density at radius 2 is 2.12 bits per heavy atom. The van der Waals surface area contributed by atoms with E-state index in [-0.39, 0.29) is 18.4 Å². The van der Waals surface area contributed by atoms with Gasteiger partial charge in [0.15, 0.2) is 0 Å². The van der Waals surface area contributed by atoms with Crippen LogP contribution < -0.4 is 5.32 Å². The van der Waals surface area contributed by atoms with E-state index >= 15 is 0 Å². The van der Waals surface area contributed by atoms with Gasteiger partial charge in [-0.1, -0.05) is 0 Å². The number of rotatable bonds is 2. The fourth-order valence-electron chi connectivity index (χ4n) is 3.73.